The van der Waals surface area contributed by atoms with E-state index in [-0.39, 0.29) is 11.9 Å². The molecular formula is C20H21Cl2N5OS. The lowest BCUT2D eigenvalue weighted by atomic mass is 10.1. The first-order valence-corrected chi connectivity index (χ1v) is 10.7. The molecule has 0 fully saturated rings. The predicted octanol–water partition coefficient (Wildman–Crippen LogP) is 4.94. The fourth-order valence-corrected chi connectivity index (χ4v) is 4.30. The first-order valence-electron chi connectivity index (χ1n) is 9.04. The largest absolute Gasteiger partial charge is 0.349 e. The van der Waals surface area contributed by atoms with E-state index in [1.807, 2.05) is 45.9 Å². The lowest BCUT2D eigenvalue weighted by Gasteiger charge is -2.18. The number of carbonyl (C=O) groups excluding carboxylic acids is 1. The monoisotopic (exact) mass is 449 g/mol. The zero-order chi connectivity index (χ0) is 21.1. The molecule has 29 heavy (non-hydrogen) atoms. The van der Waals surface area contributed by atoms with Crippen LogP contribution in [-0.2, 0) is 4.79 Å². The molecule has 2 atom stereocenters. The van der Waals surface area contributed by atoms with Gasteiger partial charge in [0.2, 0.25) is 11.1 Å². The number of tetrazole rings is 1. The highest BCUT2D eigenvalue weighted by Crippen LogP contribution is 2.28. The summed E-state index contributed by atoms with van der Waals surface area (Å²) in [4.78, 5) is 12.7. The molecule has 2 unspecified atom stereocenters. The van der Waals surface area contributed by atoms with Crippen LogP contribution in [0.2, 0.25) is 10.0 Å². The summed E-state index contributed by atoms with van der Waals surface area (Å²) in [5.41, 5.74) is 3.91. The summed E-state index contributed by atoms with van der Waals surface area (Å²) < 4.78 is 1.66. The smallest absolute Gasteiger partial charge is 0.233 e. The van der Waals surface area contributed by atoms with E-state index in [0.717, 1.165) is 22.4 Å². The molecule has 1 heterocycles. The van der Waals surface area contributed by atoms with Gasteiger partial charge in [-0.05, 0) is 67.4 Å². The fraction of sp³-hybridized carbons (Fsp3) is 0.300. The van der Waals surface area contributed by atoms with Crippen molar-refractivity contribution < 1.29 is 4.79 Å². The molecule has 152 valence electrons. The fourth-order valence-electron chi connectivity index (χ4n) is 2.92. The molecule has 0 aliphatic carbocycles. The quantitative estimate of drug-likeness (QED) is 0.539. The van der Waals surface area contributed by atoms with Crippen LogP contribution in [0.25, 0.3) is 5.69 Å². The molecule has 9 heteroatoms. The molecule has 0 aliphatic heterocycles. The van der Waals surface area contributed by atoms with Gasteiger partial charge in [0.15, 0.2) is 0 Å². The second kappa shape index (κ2) is 9.15. The van der Waals surface area contributed by atoms with Crippen molar-refractivity contribution in [2.75, 3.05) is 0 Å². The average Bonchev–Trinajstić information content (AvgIpc) is 3.09. The van der Waals surface area contributed by atoms with E-state index in [4.69, 9.17) is 23.2 Å². The van der Waals surface area contributed by atoms with E-state index >= 15 is 0 Å². The van der Waals surface area contributed by atoms with Crippen molar-refractivity contribution in [3.05, 3.63) is 63.1 Å². The van der Waals surface area contributed by atoms with Crippen molar-refractivity contribution >= 4 is 40.9 Å². The first-order chi connectivity index (χ1) is 13.8. The van der Waals surface area contributed by atoms with E-state index in [9.17, 15) is 4.79 Å². The Morgan fingerprint density at radius 3 is 2.59 bits per heavy atom. The normalized spacial score (nSPS) is 13.2. The highest BCUT2D eigenvalue weighted by Gasteiger charge is 2.22. The summed E-state index contributed by atoms with van der Waals surface area (Å²) in [6, 6.07) is 11.0. The second-order valence-corrected chi connectivity index (χ2v) is 8.97. The van der Waals surface area contributed by atoms with Crippen LogP contribution in [0.5, 0.6) is 0 Å². The molecule has 0 spiro atoms. The van der Waals surface area contributed by atoms with Gasteiger partial charge in [0.05, 0.1) is 17.0 Å². The number of nitrogens with zero attached hydrogens (tertiary/aromatic N) is 4. The number of halogens is 2. The Labute approximate surface area is 184 Å². The standard InChI is InChI=1S/C20H21Cl2N5OS/c1-11-5-8-18(12(2)9-11)27-20(24-25-26-27)29-14(4)19(28)23-13(3)16-7-6-15(21)10-17(16)22/h5-10,13-14H,1-4H3,(H,23,28). The van der Waals surface area contributed by atoms with Gasteiger partial charge in [0, 0.05) is 10.0 Å². The van der Waals surface area contributed by atoms with Gasteiger partial charge in [-0.25, -0.2) is 0 Å². The minimum atomic E-state index is -0.404. The molecule has 3 aromatic rings. The van der Waals surface area contributed by atoms with E-state index in [1.54, 1.807) is 16.8 Å². The number of aryl methyl sites for hydroxylation is 2. The summed E-state index contributed by atoms with van der Waals surface area (Å²) in [5.74, 6) is -0.135. The third-order valence-corrected chi connectivity index (χ3v) is 6.06. The zero-order valence-corrected chi connectivity index (χ0v) is 18.8. The van der Waals surface area contributed by atoms with Crippen LogP contribution in [-0.4, -0.2) is 31.4 Å². The topological polar surface area (TPSA) is 72.7 Å². The Morgan fingerprint density at radius 2 is 1.90 bits per heavy atom. The zero-order valence-electron chi connectivity index (χ0n) is 16.5. The molecular weight excluding hydrogens is 429 g/mol. The summed E-state index contributed by atoms with van der Waals surface area (Å²) >= 11 is 13.5. The lowest BCUT2D eigenvalue weighted by Crippen LogP contribution is -2.33. The van der Waals surface area contributed by atoms with Crippen LogP contribution in [0.1, 0.15) is 36.6 Å². The first kappa shape index (κ1) is 21.6. The number of rotatable bonds is 6. The number of benzene rings is 2. The molecule has 0 saturated heterocycles. The number of carbonyl (C=O) groups is 1. The minimum Gasteiger partial charge on any atom is -0.349 e. The maximum atomic E-state index is 12.7. The molecule has 1 aromatic heterocycles. The highest BCUT2D eigenvalue weighted by atomic mass is 35.5. The molecule has 0 saturated carbocycles. The van der Waals surface area contributed by atoms with Crippen molar-refractivity contribution in [1.82, 2.24) is 25.5 Å². The van der Waals surface area contributed by atoms with Crippen molar-refractivity contribution in [1.29, 1.82) is 0 Å². The second-order valence-electron chi connectivity index (χ2n) is 6.82. The SMILES string of the molecule is Cc1ccc(-n2nnnc2SC(C)C(=O)NC(C)c2ccc(Cl)cc2Cl)c(C)c1. The van der Waals surface area contributed by atoms with Gasteiger partial charge in [0.1, 0.15) is 0 Å². The van der Waals surface area contributed by atoms with Gasteiger partial charge in [-0.15, -0.1) is 5.10 Å². The lowest BCUT2D eigenvalue weighted by molar-refractivity contribution is -0.120. The van der Waals surface area contributed by atoms with Crippen molar-refractivity contribution in [3.8, 4) is 5.69 Å². The van der Waals surface area contributed by atoms with Crippen LogP contribution in [0, 0.1) is 13.8 Å². The number of aromatic nitrogens is 4. The molecule has 0 radical (unpaired) electrons. The van der Waals surface area contributed by atoms with Crippen LogP contribution < -0.4 is 5.32 Å². The number of nitrogens with one attached hydrogen (secondary N) is 1. The van der Waals surface area contributed by atoms with E-state index in [2.05, 4.69) is 26.9 Å². The number of thioether (sulfide) groups is 1. The maximum Gasteiger partial charge on any atom is 0.233 e. The Bertz CT molecular complexity index is 1040. The number of hydrogen-bond donors (Lipinski definition) is 1. The van der Waals surface area contributed by atoms with Crippen LogP contribution in [0.3, 0.4) is 0 Å². The molecule has 1 N–H and O–H groups in total. The van der Waals surface area contributed by atoms with Gasteiger partial charge in [0.25, 0.3) is 0 Å². The molecule has 3 rings (SSSR count). The number of hydrogen-bond acceptors (Lipinski definition) is 5. The van der Waals surface area contributed by atoms with Crippen LogP contribution in [0.15, 0.2) is 41.6 Å². The van der Waals surface area contributed by atoms with Crippen molar-refractivity contribution in [2.45, 2.75) is 44.1 Å². The van der Waals surface area contributed by atoms with E-state index in [0.29, 0.717) is 15.2 Å². The predicted molar refractivity (Wildman–Crippen MR) is 117 cm³/mol. The minimum absolute atomic E-state index is 0.135. The third kappa shape index (κ3) is 5.10. The molecule has 0 bridgehead atoms. The van der Waals surface area contributed by atoms with Gasteiger partial charge in [-0.2, -0.15) is 4.68 Å². The molecule has 1 amide bonds. The van der Waals surface area contributed by atoms with Crippen molar-refractivity contribution in [2.24, 2.45) is 0 Å². The Kier molecular flexibility index (Phi) is 6.82. The van der Waals surface area contributed by atoms with Gasteiger partial charge in [-0.1, -0.05) is 58.7 Å². The molecule has 6 nitrogen and oxygen atoms in total. The number of amides is 1. The van der Waals surface area contributed by atoms with Crippen molar-refractivity contribution in [3.63, 3.8) is 0 Å². The van der Waals surface area contributed by atoms with E-state index < -0.39 is 5.25 Å². The van der Waals surface area contributed by atoms with Gasteiger partial charge < -0.3 is 5.32 Å². The highest BCUT2D eigenvalue weighted by molar-refractivity contribution is 8.00. The summed E-state index contributed by atoms with van der Waals surface area (Å²) in [6.45, 7) is 7.74. The average molecular weight is 450 g/mol. The summed E-state index contributed by atoms with van der Waals surface area (Å²) in [6.07, 6.45) is 0. The Hall–Kier alpha value is -2.09. The third-order valence-electron chi connectivity index (χ3n) is 4.46. The molecule has 0 aliphatic rings. The molecule has 2 aromatic carbocycles. The van der Waals surface area contributed by atoms with E-state index in [1.165, 1.54) is 11.8 Å². The van der Waals surface area contributed by atoms with Gasteiger partial charge in [-0.3, -0.25) is 4.79 Å². The Balaban J connectivity index is 1.71. The van der Waals surface area contributed by atoms with Gasteiger partial charge >= 0.3 is 0 Å². The summed E-state index contributed by atoms with van der Waals surface area (Å²) in [5, 5.41) is 16.2. The summed E-state index contributed by atoms with van der Waals surface area (Å²) in [7, 11) is 0. The Morgan fingerprint density at radius 1 is 1.14 bits per heavy atom. The van der Waals surface area contributed by atoms with Crippen LogP contribution >= 0.6 is 35.0 Å². The van der Waals surface area contributed by atoms with Crippen LogP contribution in [0.4, 0.5) is 0 Å². The maximum absolute atomic E-state index is 12.7.